The maximum Gasteiger partial charge on any atom is 0.265 e. The fourth-order valence-electron chi connectivity index (χ4n) is 2.27. The van der Waals surface area contributed by atoms with Gasteiger partial charge in [-0.15, -0.1) is 0 Å². The van der Waals surface area contributed by atoms with Crippen LogP contribution in [0.1, 0.15) is 34.1 Å². The van der Waals surface area contributed by atoms with Crippen LogP contribution in [0, 0.1) is 23.2 Å². The summed E-state index contributed by atoms with van der Waals surface area (Å²) < 4.78 is 9.41. The van der Waals surface area contributed by atoms with Gasteiger partial charge in [-0.25, -0.2) is 0 Å². The Labute approximate surface area is 124 Å². The summed E-state index contributed by atoms with van der Waals surface area (Å²) >= 11 is 16.8. The van der Waals surface area contributed by atoms with Crippen LogP contribution in [0.4, 0.5) is 0 Å². The summed E-state index contributed by atoms with van der Waals surface area (Å²) in [5, 5.41) is 7.61. The van der Waals surface area contributed by atoms with Crippen molar-refractivity contribution >= 4 is 40.7 Å². The van der Waals surface area contributed by atoms with Crippen LogP contribution in [0.15, 0.2) is 0 Å². The molecule has 5 atom stereocenters. The highest BCUT2D eigenvalue weighted by Crippen LogP contribution is 2.38. The van der Waals surface area contributed by atoms with E-state index < -0.39 is 10.1 Å². The molecule has 106 valence electrons. The molecule has 2 unspecified atom stereocenters. The van der Waals surface area contributed by atoms with Gasteiger partial charge in [0.15, 0.2) is 0 Å². The minimum atomic E-state index is -1.84. The Bertz CT molecular complexity index is 304. The lowest BCUT2D eigenvalue weighted by Gasteiger charge is -2.43. The average molecular weight is 317 g/mol. The topological polar surface area (TPSA) is 42.3 Å². The molecule has 1 aliphatic rings. The van der Waals surface area contributed by atoms with Gasteiger partial charge < -0.3 is 9.47 Å². The number of alkyl halides is 3. The van der Waals surface area contributed by atoms with Crippen LogP contribution < -0.4 is 0 Å². The molecule has 18 heavy (non-hydrogen) atoms. The average Bonchev–Trinajstić information content (AvgIpc) is 2.28. The van der Waals surface area contributed by atoms with Crippen LogP contribution in [-0.4, -0.2) is 22.1 Å². The van der Waals surface area contributed by atoms with Gasteiger partial charge in [0, 0.05) is 5.92 Å². The standard InChI is InChI=1S/C12H20Cl3NO2/c1-5-9-7(3)6(2)8(4)10(17-9)18-11(16)12(13,14)15/h6-10,16H,5H2,1-4H3/t6-,7-,8?,9?,10+/m0/s1. The lowest BCUT2D eigenvalue weighted by atomic mass is 9.78. The van der Waals surface area contributed by atoms with Gasteiger partial charge in [0.25, 0.3) is 3.79 Å². The molecule has 1 rings (SSSR count). The Morgan fingerprint density at radius 3 is 2.17 bits per heavy atom. The van der Waals surface area contributed by atoms with Gasteiger partial charge in [-0.05, 0) is 18.3 Å². The van der Waals surface area contributed by atoms with E-state index in [-0.39, 0.29) is 17.9 Å². The zero-order chi connectivity index (χ0) is 14.1. The van der Waals surface area contributed by atoms with E-state index in [1.54, 1.807) is 0 Å². The van der Waals surface area contributed by atoms with Gasteiger partial charge >= 0.3 is 0 Å². The summed E-state index contributed by atoms with van der Waals surface area (Å²) in [6.07, 6.45) is 0.493. The minimum absolute atomic E-state index is 0.115. The smallest absolute Gasteiger partial charge is 0.265 e. The summed E-state index contributed by atoms with van der Waals surface area (Å²) in [6.45, 7) is 8.44. The molecule has 0 radical (unpaired) electrons. The number of nitrogens with one attached hydrogen (secondary N) is 1. The van der Waals surface area contributed by atoms with E-state index in [0.717, 1.165) is 6.42 Å². The predicted octanol–water partition coefficient (Wildman–Crippen LogP) is 4.39. The second kappa shape index (κ2) is 6.17. The molecule has 0 spiro atoms. The highest BCUT2D eigenvalue weighted by molar-refractivity contribution is 6.76. The van der Waals surface area contributed by atoms with Crippen molar-refractivity contribution in [1.29, 1.82) is 5.41 Å². The van der Waals surface area contributed by atoms with Crippen molar-refractivity contribution in [2.24, 2.45) is 17.8 Å². The molecule has 0 aromatic heterocycles. The molecule has 1 aliphatic heterocycles. The van der Waals surface area contributed by atoms with Gasteiger partial charge in [-0.3, -0.25) is 5.41 Å². The molecule has 6 heteroatoms. The van der Waals surface area contributed by atoms with Crippen LogP contribution in [-0.2, 0) is 9.47 Å². The number of halogens is 3. The Kier molecular flexibility index (Phi) is 5.60. The van der Waals surface area contributed by atoms with Crippen molar-refractivity contribution in [3.8, 4) is 0 Å². The quantitative estimate of drug-likeness (QED) is 0.466. The third-order valence-corrected chi connectivity index (χ3v) is 4.39. The van der Waals surface area contributed by atoms with Crippen molar-refractivity contribution < 1.29 is 9.47 Å². The first-order valence-electron chi connectivity index (χ1n) is 6.16. The first kappa shape index (κ1) is 16.4. The van der Waals surface area contributed by atoms with Gasteiger partial charge in [-0.1, -0.05) is 62.5 Å². The zero-order valence-corrected chi connectivity index (χ0v) is 13.3. The van der Waals surface area contributed by atoms with E-state index in [2.05, 4.69) is 20.8 Å². The molecule has 0 bridgehead atoms. The largest absolute Gasteiger partial charge is 0.448 e. The van der Waals surface area contributed by atoms with E-state index >= 15 is 0 Å². The monoisotopic (exact) mass is 315 g/mol. The Morgan fingerprint density at radius 2 is 1.72 bits per heavy atom. The second-order valence-corrected chi connectivity index (χ2v) is 7.25. The fourth-order valence-corrected chi connectivity index (χ4v) is 2.41. The Morgan fingerprint density at radius 1 is 1.17 bits per heavy atom. The molecule has 1 heterocycles. The third-order valence-electron chi connectivity index (χ3n) is 3.88. The maximum absolute atomic E-state index is 7.61. The molecule has 3 nitrogen and oxygen atoms in total. The molecule has 1 N–H and O–H groups in total. The molecule has 0 aromatic carbocycles. The molecular formula is C12H20Cl3NO2. The van der Waals surface area contributed by atoms with E-state index in [1.165, 1.54) is 0 Å². The van der Waals surface area contributed by atoms with Crippen molar-refractivity contribution in [3.05, 3.63) is 0 Å². The van der Waals surface area contributed by atoms with Crippen molar-refractivity contribution in [2.75, 3.05) is 0 Å². The van der Waals surface area contributed by atoms with E-state index in [4.69, 9.17) is 49.7 Å². The second-order valence-electron chi connectivity index (χ2n) is 4.97. The van der Waals surface area contributed by atoms with Crippen LogP contribution in [0.3, 0.4) is 0 Å². The first-order valence-corrected chi connectivity index (χ1v) is 7.29. The number of hydrogen-bond donors (Lipinski definition) is 1. The first-order chi connectivity index (χ1) is 8.18. The predicted molar refractivity (Wildman–Crippen MR) is 75.5 cm³/mol. The molecule has 0 saturated carbocycles. The lowest BCUT2D eigenvalue weighted by Crippen LogP contribution is -2.47. The van der Waals surface area contributed by atoms with Crippen LogP contribution >= 0.6 is 34.8 Å². The van der Waals surface area contributed by atoms with Crippen LogP contribution in [0.5, 0.6) is 0 Å². The van der Waals surface area contributed by atoms with Gasteiger partial charge in [0.05, 0.1) is 6.10 Å². The number of hydrogen-bond acceptors (Lipinski definition) is 3. The molecule has 0 aliphatic carbocycles. The zero-order valence-electron chi connectivity index (χ0n) is 11.0. The van der Waals surface area contributed by atoms with Gasteiger partial charge in [0.2, 0.25) is 12.2 Å². The summed E-state index contributed by atoms with van der Waals surface area (Å²) in [5.74, 6) is 0.639. The van der Waals surface area contributed by atoms with E-state index in [0.29, 0.717) is 11.8 Å². The summed E-state index contributed by atoms with van der Waals surface area (Å²) in [4.78, 5) is 0. The van der Waals surface area contributed by atoms with Crippen molar-refractivity contribution in [2.45, 2.75) is 50.3 Å². The summed E-state index contributed by atoms with van der Waals surface area (Å²) in [5.41, 5.74) is 0. The summed E-state index contributed by atoms with van der Waals surface area (Å²) in [6, 6.07) is 0. The van der Waals surface area contributed by atoms with E-state index in [1.807, 2.05) is 6.92 Å². The lowest BCUT2D eigenvalue weighted by molar-refractivity contribution is -0.218. The molecule has 1 saturated heterocycles. The van der Waals surface area contributed by atoms with Gasteiger partial charge in [-0.2, -0.15) is 0 Å². The molecule has 0 aromatic rings. The fraction of sp³-hybridized carbons (Fsp3) is 0.917. The Hall–Kier alpha value is 0.300. The van der Waals surface area contributed by atoms with Crippen LogP contribution in [0.2, 0.25) is 0 Å². The molecule has 1 fully saturated rings. The minimum Gasteiger partial charge on any atom is -0.448 e. The van der Waals surface area contributed by atoms with Gasteiger partial charge in [0.1, 0.15) is 0 Å². The molecule has 0 amide bonds. The normalized spacial score (nSPS) is 37.4. The van der Waals surface area contributed by atoms with Crippen molar-refractivity contribution in [3.63, 3.8) is 0 Å². The van der Waals surface area contributed by atoms with Crippen LogP contribution in [0.25, 0.3) is 0 Å². The number of ether oxygens (including phenoxy) is 2. The van der Waals surface area contributed by atoms with Crippen molar-refractivity contribution in [1.82, 2.24) is 0 Å². The third kappa shape index (κ3) is 3.66. The van der Waals surface area contributed by atoms with E-state index in [9.17, 15) is 0 Å². The SMILES string of the molecule is CCC1O[C@H](OC(=N)C(Cl)(Cl)Cl)C(C)[C@@H](C)[C@@H]1C. The number of rotatable bonds is 2. The Balaban J connectivity index is 2.74. The highest BCUT2D eigenvalue weighted by atomic mass is 35.6. The summed E-state index contributed by atoms with van der Waals surface area (Å²) in [7, 11) is 0. The highest BCUT2D eigenvalue weighted by Gasteiger charge is 2.41. The maximum atomic E-state index is 7.61. The molecular weight excluding hydrogens is 296 g/mol.